The quantitative estimate of drug-likeness (QED) is 0.506. The number of nitrogens with one attached hydrogen (secondary N) is 2. The molecule has 1 aromatic carbocycles. The second kappa shape index (κ2) is 9.14. The van der Waals surface area contributed by atoms with Crippen LogP contribution in [0.4, 0.5) is 10.8 Å². The molecule has 1 unspecified atom stereocenters. The van der Waals surface area contributed by atoms with E-state index in [-0.39, 0.29) is 17.1 Å². The predicted molar refractivity (Wildman–Crippen MR) is 125 cm³/mol. The van der Waals surface area contributed by atoms with Crippen molar-refractivity contribution in [3.05, 3.63) is 52.0 Å². The number of hydrogen-bond donors (Lipinski definition) is 2. The fourth-order valence-corrected chi connectivity index (χ4v) is 4.68. The standard InChI is InChI=1S/C24H29N3O3S/c1-14(12-21(29)25-18-9-6-16(7-10-18)15(2)28)22(30)27-23-26-19-11-8-17(24(3,4)5)13-20(19)31-23/h6-7,9-10,12,17H,8,11,13H2,1-5H3,(H,25,29)(H,26,27,30)/b14-12-. The van der Waals surface area contributed by atoms with Gasteiger partial charge in [0.2, 0.25) is 5.91 Å². The van der Waals surface area contributed by atoms with Crippen molar-refractivity contribution >= 4 is 39.8 Å². The van der Waals surface area contributed by atoms with E-state index < -0.39 is 5.91 Å². The summed E-state index contributed by atoms with van der Waals surface area (Å²) in [4.78, 5) is 41.9. The fraction of sp³-hybridized carbons (Fsp3) is 0.417. The first-order chi connectivity index (χ1) is 14.5. The number of rotatable bonds is 5. The molecular formula is C24H29N3O3S. The Morgan fingerprint density at radius 1 is 1.10 bits per heavy atom. The third-order valence-corrected chi connectivity index (χ3v) is 6.68. The van der Waals surface area contributed by atoms with Crippen LogP contribution in [-0.2, 0) is 22.4 Å². The number of Topliss-reactive ketones (excluding diaryl/α,β-unsaturated/α-hetero) is 1. The maximum atomic E-state index is 12.5. The first-order valence-electron chi connectivity index (χ1n) is 10.4. The maximum Gasteiger partial charge on any atom is 0.253 e. The highest BCUT2D eigenvalue weighted by atomic mass is 32.1. The predicted octanol–water partition coefficient (Wildman–Crippen LogP) is 5.02. The van der Waals surface area contributed by atoms with Crippen molar-refractivity contribution in [3.8, 4) is 0 Å². The zero-order valence-corrected chi connectivity index (χ0v) is 19.5. The van der Waals surface area contributed by atoms with Crippen LogP contribution in [0, 0.1) is 11.3 Å². The highest BCUT2D eigenvalue weighted by molar-refractivity contribution is 7.15. The second-order valence-corrected chi connectivity index (χ2v) is 10.2. The van der Waals surface area contributed by atoms with Crippen molar-refractivity contribution in [1.29, 1.82) is 0 Å². The largest absolute Gasteiger partial charge is 0.323 e. The molecule has 1 atom stereocenters. The number of thiazole rings is 1. The van der Waals surface area contributed by atoms with Gasteiger partial charge in [-0.3, -0.25) is 19.7 Å². The van der Waals surface area contributed by atoms with E-state index in [2.05, 4.69) is 36.4 Å². The topological polar surface area (TPSA) is 88.2 Å². The van der Waals surface area contributed by atoms with Gasteiger partial charge < -0.3 is 5.32 Å². The molecule has 7 heteroatoms. The van der Waals surface area contributed by atoms with Gasteiger partial charge in [0.25, 0.3) is 5.91 Å². The van der Waals surface area contributed by atoms with Crippen LogP contribution >= 0.6 is 11.3 Å². The normalized spacial score (nSPS) is 16.4. The maximum absolute atomic E-state index is 12.5. The number of nitrogens with zero attached hydrogens (tertiary/aromatic N) is 1. The molecule has 2 N–H and O–H groups in total. The highest BCUT2D eigenvalue weighted by Gasteiger charge is 2.30. The number of hydrogen-bond acceptors (Lipinski definition) is 5. The molecule has 2 amide bonds. The molecule has 0 aliphatic heterocycles. The number of amides is 2. The number of carbonyl (C=O) groups excluding carboxylic acids is 3. The number of aromatic nitrogens is 1. The molecule has 0 saturated heterocycles. The van der Waals surface area contributed by atoms with Crippen LogP contribution in [0.15, 0.2) is 35.9 Å². The second-order valence-electron chi connectivity index (χ2n) is 9.10. The van der Waals surface area contributed by atoms with Crippen molar-refractivity contribution in [2.24, 2.45) is 11.3 Å². The molecule has 1 aliphatic carbocycles. The number of fused-ring (bicyclic) bond motifs is 1. The molecule has 0 radical (unpaired) electrons. The zero-order valence-electron chi connectivity index (χ0n) is 18.7. The van der Waals surface area contributed by atoms with Gasteiger partial charge in [0.05, 0.1) is 5.69 Å². The van der Waals surface area contributed by atoms with Crippen LogP contribution in [0.3, 0.4) is 0 Å². The number of aryl methyl sites for hydroxylation is 1. The smallest absolute Gasteiger partial charge is 0.253 e. The minimum Gasteiger partial charge on any atom is -0.323 e. The van der Waals surface area contributed by atoms with Gasteiger partial charge in [-0.05, 0) is 68.7 Å². The minimum atomic E-state index is -0.408. The van der Waals surface area contributed by atoms with Gasteiger partial charge in [0, 0.05) is 27.8 Å². The Hall–Kier alpha value is -2.80. The molecule has 2 aromatic rings. The summed E-state index contributed by atoms with van der Waals surface area (Å²) >= 11 is 1.53. The summed E-state index contributed by atoms with van der Waals surface area (Å²) < 4.78 is 0. The lowest BCUT2D eigenvalue weighted by Crippen LogP contribution is -2.26. The Morgan fingerprint density at radius 3 is 2.39 bits per heavy atom. The van der Waals surface area contributed by atoms with E-state index >= 15 is 0 Å². The molecule has 31 heavy (non-hydrogen) atoms. The van der Waals surface area contributed by atoms with Gasteiger partial charge in [-0.1, -0.05) is 20.8 Å². The molecule has 0 spiro atoms. The van der Waals surface area contributed by atoms with E-state index in [4.69, 9.17) is 0 Å². The number of anilines is 2. The van der Waals surface area contributed by atoms with Crippen LogP contribution in [0.25, 0.3) is 0 Å². The van der Waals surface area contributed by atoms with Crippen molar-refractivity contribution in [3.63, 3.8) is 0 Å². The van der Waals surface area contributed by atoms with E-state index in [1.165, 1.54) is 29.2 Å². The summed E-state index contributed by atoms with van der Waals surface area (Å²) in [5.74, 6) is -0.183. The van der Waals surface area contributed by atoms with Crippen LogP contribution in [0.5, 0.6) is 0 Å². The summed E-state index contributed by atoms with van der Waals surface area (Å²) in [6.45, 7) is 9.88. The molecule has 1 aromatic heterocycles. The Kier molecular flexibility index (Phi) is 6.74. The van der Waals surface area contributed by atoms with E-state index in [0.29, 0.717) is 27.9 Å². The van der Waals surface area contributed by atoms with E-state index in [1.54, 1.807) is 31.2 Å². The van der Waals surface area contributed by atoms with Gasteiger partial charge >= 0.3 is 0 Å². The summed E-state index contributed by atoms with van der Waals surface area (Å²) in [5, 5.41) is 6.10. The summed E-state index contributed by atoms with van der Waals surface area (Å²) in [7, 11) is 0. The summed E-state index contributed by atoms with van der Waals surface area (Å²) in [6.07, 6.45) is 4.30. The average molecular weight is 440 g/mol. The first kappa shape index (κ1) is 22.9. The molecule has 3 rings (SSSR count). The highest BCUT2D eigenvalue weighted by Crippen LogP contribution is 2.40. The third kappa shape index (κ3) is 5.88. The SMILES string of the molecule is CC(=O)c1ccc(NC(=O)/C=C(/C)C(=O)Nc2nc3c(s2)CC(C(C)(C)C)CC3)cc1. The number of carbonyl (C=O) groups is 3. The van der Waals surface area contributed by atoms with Crippen molar-refractivity contribution < 1.29 is 14.4 Å². The minimum absolute atomic E-state index is 0.0388. The number of benzene rings is 1. The van der Waals surface area contributed by atoms with E-state index in [9.17, 15) is 14.4 Å². The zero-order chi connectivity index (χ0) is 22.8. The van der Waals surface area contributed by atoms with Crippen molar-refractivity contribution in [1.82, 2.24) is 4.98 Å². The van der Waals surface area contributed by atoms with Gasteiger partial charge in [0.1, 0.15) is 0 Å². The molecule has 0 fully saturated rings. The molecule has 6 nitrogen and oxygen atoms in total. The van der Waals surface area contributed by atoms with Gasteiger partial charge in [-0.15, -0.1) is 11.3 Å². The Morgan fingerprint density at radius 2 is 1.77 bits per heavy atom. The summed E-state index contributed by atoms with van der Waals surface area (Å²) in [5.41, 5.74) is 2.75. The molecular weight excluding hydrogens is 410 g/mol. The van der Waals surface area contributed by atoms with Crippen LogP contribution in [0.2, 0.25) is 0 Å². The lowest BCUT2D eigenvalue weighted by molar-refractivity contribution is -0.114. The molecule has 0 saturated carbocycles. The van der Waals surface area contributed by atoms with Crippen LogP contribution < -0.4 is 10.6 Å². The third-order valence-electron chi connectivity index (χ3n) is 5.65. The summed E-state index contributed by atoms with van der Waals surface area (Å²) in [6, 6.07) is 6.61. The molecule has 1 heterocycles. The average Bonchev–Trinajstić information content (AvgIpc) is 3.08. The molecule has 164 valence electrons. The lowest BCUT2D eigenvalue weighted by atomic mass is 9.73. The fourth-order valence-electron chi connectivity index (χ4n) is 3.59. The van der Waals surface area contributed by atoms with Crippen LogP contribution in [-0.4, -0.2) is 22.6 Å². The number of ketones is 1. The van der Waals surface area contributed by atoms with Gasteiger partial charge in [0.15, 0.2) is 10.9 Å². The van der Waals surface area contributed by atoms with E-state index in [0.717, 1.165) is 25.0 Å². The Balaban J connectivity index is 1.60. The molecule has 1 aliphatic rings. The molecule has 0 bridgehead atoms. The van der Waals surface area contributed by atoms with Crippen LogP contribution in [0.1, 0.15) is 62.0 Å². The monoisotopic (exact) mass is 439 g/mol. The Labute approximate surface area is 187 Å². The van der Waals surface area contributed by atoms with Crippen molar-refractivity contribution in [2.45, 2.75) is 53.9 Å². The van der Waals surface area contributed by atoms with Crippen molar-refractivity contribution in [2.75, 3.05) is 10.6 Å². The van der Waals surface area contributed by atoms with E-state index in [1.807, 2.05) is 0 Å². The lowest BCUT2D eigenvalue weighted by Gasteiger charge is -2.33. The first-order valence-corrected chi connectivity index (χ1v) is 11.2. The Bertz CT molecular complexity index is 1030. The van der Waals surface area contributed by atoms with Gasteiger partial charge in [-0.25, -0.2) is 4.98 Å². The van der Waals surface area contributed by atoms with Gasteiger partial charge in [-0.2, -0.15) is 0 Å².